The van der Waals surface area contributed by atoms with Crippen LogP contribution in [0.5, 0.6) is 0 Å². The van der Waals surface area contributed by atoms with E-state index in [0.717, 1.165) is 5.92 Å². The lowest BCUT2D eigenvalue weighted by atomic mass is 9.85. The minimum atomic E-state index is -1.37. The maximum absolute atomic E-state index is 6.52. The Labute approximate surface area is 103 Å². The van der Waals surface area contributed by atoms with Crippen LogP contribution in [-0.2, 0) is 4.43 Å². The first kappa shape index (κ1) is 14.2. The molecule has 1 fully saturated rings. The molecule has 1 nitrogen and oxygen atoms in total. The van der Waals surface area contributed by atoms with Crippen molar-refractivity contribution < 1.29 is 4.43 Å². The molecular weight excluding hydrogens is 212 g/mol. The van der Waals surface area contributed by atoms with Gasteiger partial charge in [-0.15, -0.1) is 0 Å². The monoisotopic (exact) mass is 242 g/mol. The summed E-state index contributed by atoms with van der Waals surface area (Å²) in [5.41, 5.74) is 0. The zero-order valence-corrected chi connectivity index (χ0v) is 12.7. The molecule has 2 unspecified atom stereocenters. The van der Waals surface area contributed by atoms with Crippen LogP contribution in [0.4, 0.5) is 0 Å². The molecule has 0 amide bonds. The molecule has 0 bridgehead atoms. The van der Waals surface area contributed by atoms with E-state index in [4.69, 9.17) is 4.43 Å². The highest BCUT2D eigenvalue weighted by Gasteiger charge is 2.31. The minimum absolute atomic E-state index is 0.595. The third kappa shape index (κ3) is 4.58. The maximum atomic E-state index is 6.52. The second-order valence-corrected chi connectivity index (χ2v) is 10.2. The van der Waals surface area contributed by atoms with Gasteiger partial charge in [-0.05, 0) is 37.9 Å². The van der Waals surface area contributed by atoms with Crippen molar-refractivity contribution in [3.63, 3.8) is 0 Å². The first-order valence-corrected chi connectivity index (χ1v) is 10.4. The highest BCUT2D eigenvalue weighted by Crippen LogP contribution is 2.32. The molecule has 0 radical (unpaired) electrons. The number of hydrogen-bond acceptors (Lipinski definition) is 1. The van der Waals surface area contributed by atoms with Gasteiger partial charge in [0.15, 0.2) is 8.32 Å². The molecule has 2 heteroatoms. The summed E-state index contributed by atoms with van der Waals surface area (Å²) >= 11 is 0. The third-order valence-electron chi connectivity index (χ3n) is 3.97. The number of rotatable bonds is 6. The first-order valence-electron chi connectivity index (χ1n) is 7.27. The van der Waals surface area contributed by atoms with E-state index in [1.54, 1.807) is 0 Å². The zero-order valence-electron chi connectivity index (χ0n) is 11.7. The standard InChI is InChI=1S/C14H30OSi/c1-5-7-12-16(3,4)15-14-11-9-8-10-13(14)6-2/h13-14H,5-12H2,1-4H3. The molecule has 0 N–H and O–H groups in total. The fraction of sp³-hybridized carbons (Fsp3) is 1.00. The lowest BCUT2D eigenvalue weighted by molar-refractivity contribution is 0.0822. The second kappa shape index (κ2) is 6.80. The van der Waals surface area contributed by atoms with E-state index < -0.39 is 8.32 Å². The van der Waals surface area contributed by atoms with Crippen LogP contribution >= 0.6 is 0 Å². The fourth-order valence-electron chi connectivity index (χ4n) is 2.87. The van der Waals surface area contributed by atoms with Gasteiger partial charge in [0.1, 0.15) is 0 Å². The molecule has 0 spiro atoms. The van der Waals surface area contributed by atoms with Crippen LogP contribution < -0.4 is 0 Å². The Morgan fingerprint density at radius 2 is 1.81 bits per heavy atom. The lowest BCUT2D eigenvalue weighted by Crippen LogP contribution is -2.40. The predicted molar refractivity (Wildman–Crippen MR) is 74.3 cm³/mol. The molecule has 0 aromatic rings. The van der Waals surface area contributed by atoms with Crippen LogP contribution in [-0.4, -0.2) is 14.4 Å². The third-order valence-corrected chi connectivity index (χ3v) is 6.47. The molecule has 2 atom stereocenters. The van der Waals surface area contributed by atoms with Gasteiger partial charge in [0.05, 0.1) is 0 Å². The average molecular weight is 242 g/mol. The molecule has 0 saturated heterocycles. The van der Waals surface area contributed by atoms with Crippen LogP contribution in [0.1, 0.15) is 58.8 Å². The highest BCUT2D eigenvalue weighted by molar-refractivity contribution is 6.71. The van der Waals surface area contributed by atoms with Crippen LogP contribution in [0.3, 0.4) is 0 Å². The fourth-order valence-corrected chi connectivity index (χ4v) is 5.32. The summed E-state index contributed by atoms with van der Waals surface area (Å²) in [6, 6.07) is 1.34. The van der Waals surface area contributed by atoms with Gasteiger partial charge in [-0.1, -0.05) is 46.0 Å². The summed E-state index contributed by atoms with van der Waals surface area (Å²) < 4.78 is 6.52. The molecule has 1 rings (SSSR count). The van der Waals surface area contributed by atoms with Crippen LogP contribution in [0.2, 0.25) is 19.1 Å². The number of hydrogen-bond donors (Lipinski definition) is 0. The van der Waals surface area contributed by atoms with E-state index in [0.29, 0.717) is 6.10 Å². The van der Waals surface area contributed by atoms with E-state index in [1.165, 1.54) is 51.0 Å². The summed E-state index contributed by atoms with van der Waals surface area (Å²) in [6.45, 7) is 9.42. The van der Waals surface area contributed by atoms with Gasteiger partial charge >= 0.3 is 0 Å². The average Bonchev–Trinajstić information content (AvgIpc) is 2.27. The van der Waals surface area contributed by atoms with Crippen molar-refractivity contribution in [2.45, 2.75) is 84.0 Å². The summed E-state index contributed by atoms with van der Waals surface area (Å²) in [5.74, 6) is 0.849. The van der Waals surface area contributed by atoms with Crippen molar-refractivity contribution in [3.8, 4) is 0 Å². The van der Waals surface area contributed by atoms with Gasteiger partial charge < -0.3 is 4.43 Å². The molecule has 0 aromatic heterocycles. The quantitative estimate of drug-likeness (QED) is 0.597. The van der Waals surface area contributed by atoms with E-state index in [2.05, 4.69) is 26.9 Å². The van der Waals surface area contributed by atoms with Gasteiger partial charge in [0, 0.05) is 6.10 Å². The molecule has 1 saturated carbocycles. The maximum Gasteiger partial charge on any atom is 0.187 e. The summed E-state index contributed by atoms with van der Waals surface area (Å²) in [6.07, 6.45) is 10.1. The van der Waals surface area contributed by atoms with Crippen molar-refractivity contribution in [1.82, 2.24) is 0 Å². The van der Waals surface area contributed by atoms with Crippen LogP contribution in [0, 0.1) is 5.92 Å². The SMILES string of the molecule is CCCC[Si](C)(C)OC1CCCCC1CC. The first-order chi connectivity index (χ1) is 7.59. The Kier molecular flexibility index (Phi) is 6.05. The molecule has 16 heavy (non-hydrogen) atoms. The Hall–Kier alpha value is 0.177. The minimum Gasteiger partial charge on any atom is -0.414 e. The molecule has 1 aliphatic rings. The highest BCUT2D eigenvalue weighted by atomic mass is 28.4. The van der Waals surface area contributed by atoms with Gasteiger partial charge in [-0.3, -0.25) is 0 Å². The van der Waals surface area contributed by atoms with E-state index in [1.807, 2.05) is 0 Å². The largest absolute Gasteiger partial charge is 0.414 e. The molecular formula is C14H30OSi. The Morgan fingerprint density at radius 3 is 2.44 bits per heavy atom. The Bertz CT molecular complexity index is 191. The normalized spacial score (nSPS) is 27.0. The van der Waals surface area contributed by atoms with Crippen molar-refractivity contribution in [1.29, 1.82) is 0 Å². The number of unbranched alkanes of at least 4 members (excludes halogenated alkanes) is 1. The van der Waals surface area contributed by atoms with Crippen LogP contribution in [0.25, 0.3) is 0 Å². The van der Waals surface area contributed by atoms with Crippen molar-refractivity contribution >= 4 is 8.32 Å². The smallest absolute Gasteiger partial charge is 0.187 e. The van der Waals surface area contributed by atoms with E-state index in [-0.39, 0.29) is 0 Å². The molecule has 0 aliphatic heterocycles. The summed E-state index contributed by atoms with van der Waals surface area (Å²) in [7, 11) is -1.37. The zero-order chi connectivity index (χ0) is 12.0. The molecule has 0 heterocycles. The Morgan fingerprint density at radius 1 is 1.12 bits per heavy atom. The van der Waals surface area contributed by atoms with Crippen molar-refractivity contribution in [2.75, 3.05) is 0 Å². The van der Waals surface area contributed by atoms with Crippen LogP contribution in [0.15, 0.2) is 0 Å². The van der Waals surface area contributed by atoms with Gasteiger partial charge in [0.25, 0.3) is 0 Å². The van der Waals surface area contributed by atoms with Crippen molar-refractivity contribution in [3.05, 3.63) is 0 Å². The van der Waals surface area contributed by atoms with Crippen molar-refractivity contribution in [2.24, 2.45) is 5.92 Å². The predicted octanol–water partition coefficient (Wildman–Crippen LogP) is 4.98. The van der Waals surface area contributed by atoms with Gasteiger partial charge in [0.2, 0.25) is 0 Å². The molecule has 96 valence electrons. The molecule has 0 aromatic carbocycles. The Balaban J connectivity index is 2.43. The second-order valence-electron chi connectivity index (χ2n) is 5.97. The van der Waals surface area contributed by atoms with E-state index >= 15 is 0 Å². The van der Waals surface area contributed by atoms with E-state index in [9.17, 15) is 0 Å². The topological polar surface area (TPSA) is 9.23 Å². The van der Waals surface area contributed by atoms with Gasteiger partial charge in [-0.2, -0.15) is 0 Å². The summed E-state index contributed by atoms with van der Waals surface area (Å²) in [4.78, 5) is 0. The van der Waals surface area contributed by atoms with Gasteiger partial charge in [-0.25, -0.2) is 0 Å². The lowest BCUT2D eigenvalue weighted by Gasteiger charge is -2.37. The molecule has 1 aliphatic carbocycles. The summed E-state index contributed by atoms with van der Waals surface area (Å²) in [5, 5.41) is 0.